The van der Waals surface area contributed by atoms with Gasteiger partial charge in [0.1, 0.15) is 6.04 Å². The molecule has 1 aromatic carbocycles. The number of hydrogen-bond donors (Lipinski definition) is 0. The van der Waals surface area contributed by atoms with E-state index >= 15 is 0 Å². The van der Waals surface area contributed by atoms with Gasteiger partial charge in [-0.25, -0.2) is 0 Å². The molecule has 0 bridgehead atoms. The Labute approximate surface area is 95.3 Å². The standard InChI is InChI=1S/C13H14N2O/c1-10-2-4-11(5-3-10)9-15-12(8-14)6-7-13(15)16/h2-5,12H,6-7,9H2,1H3. The van der Waals surface area contributed by atoms with Gasteiger partial charge in [0.2, 0.25) is 5.91 Å². The van der Waals surface area contributed by atoms with E-state index in [1.807, 2.05) is 31.2 Å². The van der Waals surface area contributed by atoms with Crippen LogP contribution in [0.3, 0.4) is 0 Å². The lowest BCUT2D eigenvalue weighted by Crippen LogP contribution is -2.31. The van der Waals surface area contributed by atoms with Gasteiger partial charge >= 0.3 is 0 Å². The normalized spacial score (nSPS) is 19.9. The van der Waals surface area contributed by atoms with Crippen LogP contribution < -0.4 is 0 Å². The third-order valence-electron chi connectivity index (χ3n) is 2.95. The monoisotopic (exact) mass is 214 g/mol. The van der Waals surface area contributed by atoms with Gasteiger partial charge in [-0.2, -0.15) is 5.26 Å². The molecule has 16 heavy (non-hydrogen) atoms. The Hall–Kier alpha value is -1.82. The summed E-state index contributed by atoms with van der Waals surface area (Å²) >= 11 is 0. The number of carbonyl (C=O) groups excluding carboxylic acids is 1. The van der Waals surface area contributed by atoms with E-state index in [0.717, 1.165) is 5.56 Å². The topological polar surface area (TPSA) is 44.1 Å². The van der Waals surface area contributed by atoms with Crippen molar-refractivity contribution in [3.8, 4) is 6.07 Å². The van der Waals surface area contributed by atoms with Gasteiger partial charge in [0.25, 0.3) is 0 Å². The van der Waals surface area contributed by atoms with E-state index in [0.29, 0.717) is 19.4 Å². The summed E-state index contributed by atoms with van der Waals surface area (Å²) in [7, 11) is 0. The highest BCUT2D eigenvalue weighted by molar-refractivity contribution is 5.79. The number of carbonyl (C=O) groups is 1. The Bertz CT molecular complexity index is 430. The number of likely N-dealkylation sites (tertiary alicyclic amines) is 1. The predicted octanol–water partition coefficient (Wildman–Crippen LogP) is 2.01. The SMILES string of the molecule is Cc1ccc(CN2C(=O)CCC2C#N)cc1. The van der Waals surface area contributed by atoms with Crippen LogP contribution in [0, 0.1) is 18.3 Å². The fourth-order valence-corrected chi connectivity index (χ4v) is 1.96. The Morgan fingerprint density at radius 3 is 2.75 bits per heavy atom. The summed E-state index contributed by atoms with van der Waals surface area (Å²) in [5.74, 6) is 0.0899. The maximum atomic E-state index is 11.6. The highest BCUT2D eigenvalue weighted by Crippen LogP contribution is 2.20. The Morgan fingerprint density at radius 1 is 1.44 bits per heavy atom. The molecule has 0 N–H and O–H groups in total. The molecule has 1 fully saturated rings. The van der Waals surface area contributed by atoms with E-state index < -0.39 is 0 Å². The number of nitriles is 1. The van der Waals surface area contributed by atoms with E-state index in [4.69, 9.17) is 5.26 Å². The van der Waals surface area contributed by atoms with Gasteiger partial charge in [-0.3, -0.25) is 4.79 Å². The largest absolute Gasteiger partial charge is 0.322 e. The zero-order valence-electron chi connectivity index (χ0n) is 9.31. The maximum Gasteiger partial charge on any atom is 0.224 e. The van der Waals surface area contributed by atoms with Gasteiger partial charge in [0.15, 0.2) is 0 Å². The minimum Gasteiger partial charge on any atom is -0.322 e. The van der Waals surface area contributed by atoms with E-state index in [-0.39, 0.29) is 11.9 Å². The molecule has 1 atom stereocenters. The van der Waals surface area contributed by atoms with Crippen molar-refractivity contribution in [1.29, 1.82) is 5.26 Å². The minimum atomic E-state index is -0.242. The van der Waals surface area contributed by atoms with Gasteiger partial charge in [-0.1, -0.05) is 29.8 Å². The number of aryl methyl sites for hydroxylation is 1. The molecule has 82 valence electrons. The lowest BCUT2D eigenvalue weighted by atomic mass is 10.1. The van der Waals surface area contributed by atoms with Crippen molar-refractivity contribution in [1.82, 2.24) is 4.90 Å². The van der Waals surface area contributed by atoms with Crippen LogP contribution in [-0.2, 0) is 11.3 Å². The van der Waals surface area contributed by atoms with Crippen molar-refractivity contribution in [2.75, 3.05) is 0 Å². The molecule has 0 spiro atoms. The third kappa shape index (κ3) is 2.06. The highest BCUT2D eigenvalue weighted by atomic mass is 16.2. The van der Waals surface area contributed by atoms with E-state index in [9.17, 15) is 4.79 Å². The van der Waals surface area contributed by atoms with Gasteiger partial charge in [-0.05, 0) is 18.9 Å². The van der Waals surface area contributed by atoms with E-state index in [1.54, 1.807) is 4.90 Å². The number of benzene rings is 1. The van der Waals surface area contributed by atoms with Crippen molar-refractivity contribution >= 4 is 5.91 Å². The van der Waals surface area contributed by atoms with Crippen LogP contribution in [0.5, 0.6) is 0 Å². The van der Waals surface area contributed by atoms with Crippen LogP contribution in [0.1, 0.15) is 24.0 Å². The molecule has 2 rings (SSSR count). The molecule has 1 heterocycles. The molecule has 0 aliphatic carbocycles. The molecule has 1 unspecified atom stereocenters. The number of amides is 1. The Kier molecular flexibility index (Phi) is 2.91. The number of rotatable bonds is 2. The van der Waals surface area contributed by atoms with Crippen molar-refractivity contribution < 1.29 is 4.79 Å². The summed E-state index contributed by atoms with van der Waals surface area (Å²) in [6, 6.07) is 10.0. The molecule has 1 saturated heterocycles. The van der Waals surface area contributed by atoms with Crippen LogP contribution in [0.15, 0.2) is 24.3 Å². The summed E-state index contributed by atoms with van der Waals surface area (Å²) in [4.78, 5) is 13.3. The van der Waals surface area contributed by atoms with Gasteiger partial charge < -0.3 is 4.90 Å². The van der Waals surface area contributed by atoms with Crippen LogP contribution in [-0.4, -0.2) is 16.8 Å². The molecule has 1 aliphatic rings. The smallest absolute Gasteiger partial charge is 0.224 e. The molecule has 1 aromatic rings. The van der Waals surface area contributed by atoms with E-state index in [1.165, 1.54) is 5.56 Å². The third-order valence-corrected chi connectivity index (χ3v) is 2.95. The molecule has 3 nitrogen and oxygen atoms in total. The summed E-state index contributed by atoms with van der Waals surface area (Å²) < 4.78 is 0. The average Bonchev–Trinajstić information content (AvgIpc) is 2.63. The molecule has 0 radical (unpaired) electrons. The van der Waals surface area contributed by atoms with Crippen molar-refractivity contribution in [3.05, 3.63) is 35.4 Å². The molecular formula is C13H14N2O. The van der Waals surface area contributed by atoms with Crippen molar-refractivity contribution in [2.45, 2.75) is 32.4 Å². The first-order chi connectivity index (χ1) is 7.70. The molecule has 1 amide bonds. The lowest BCUT2D eigenvalue weighted by molar-refractivity contribution is -0.128. The minimum absolute atomic E-state index is 0.0899. The first kappa shape index (κ1) is 10.7. The Balaban J connectivity index is 2.12. The van der Waals surface area contributed by atoms with Crippen LogP contribution in [0.2, 0.25) is 0 Å². The summed E-state index contributed by atoms with van der Waals surface area (Å²) in [5.41, 5.74) is 2.29. The zero-order chi connectivity index (χ0) is 11.5. The van der Waals surface area contributed by atoms with Crippen LogP contribution in [0.25, 0.3) is 0 Å². The summed E-state index contributed by atoms with van der Waals surface area (Å²) in [6.45, 7) is 2.58. The highest BCUT2D eigenvalue weighted by Gasteiger charge is 2.30. The van der Waals surface area contributed by atoms with Crippen molar-refractivity contribution in [2.24, 2.45) is 0 Å². The van der Waals surface area contributed by atoms with Crippen LogP contribution >= 0.6 is 0 Å². The maximum absolute atomic E-state index is 11.6. The second-order valence-corrected chi connectivity index (χ2v) is 4.19. The van der Waals surface area contributed by atoms with Gasteiger partial charge in [0.05, 0.1) is 6.07 Å². The second-order valence-electron chi connectivity index (χ2n) is 4.19. The predicted molar refractivity (Wildman–Crippen MR) is 60.4 cm³/mol. The molecule has 0 aromatic heterocycles. The fourth-order valence-electron chi connectivity index (χ4n) is 1.96. The lowest BCUT2D eigenvalue weighted by Gasteiger charge is -2.19. The average molecular weight is 214 g/mol. The quantitative estimate of drug-likeness (QED) is 0.755. The fraction of sp³-hybridized carbons (Fsp3) is 0.385. The van der Waals surface area contributed by atoms with Gasteiger partial charge in [-0.15, -0.1) is 0 Å². The molecule has 0 saturated carbocycles. The molecule has 1 aliphatic heterocycles. The van der Waals surface area contributed by atoms with Crippen LogP contribution in [0.4, 0.5) is 0 Å². The summed E-state index contributed by atoms with van der Waals surface area (Å²) in [5, 5.41) is 8.93. The van der Waals surface area contributed by atoms with Crippen molar-refractivity contribution in [3.63, 3.8) is 0 Å². The Morgan fingerprint density at radius 2 is 2.12 bits per heavy atom. The number of nitrogens with zero attached hydrogens (tertiary/aromatic N) is 2. The summed E-state index contributed by atoms with van der Waals surface area (Å²) in [6.07, 6.45) is 1.17. The first-order valence-corrected chi connectivity index (χ1v) is 5.45. The van der Waals surface area contributed by atoms with Gasteiger partial charge in [0, 0.05) is 13.0 Å². The second kappa shape index (κ2) is 4.36. The first-order valence-electron chi connectivity index (χ1n) is 5.45. The van der Waals surface area contributed by atoms with E-state index in [2.05, 4.69) is 6.07 Å². The molecular weight excluding hydrogens is 200 g/mol. The molecule has 3 heteroatoms. The zero-order valence-corrected chi connectivity index (χ0v) is 9.31. The number of hydrogen-bond acceptors (Lipinski definition) is 2.